The molecule has 2 nitrogen and oxygen atoms in total. The molecule has 0 spiro atoms. The first-order chi connectivity index (χ1) is 6.65. The van der Waals surface area contributed by atoms with Crippen molar-refractivity contribution in [1.29, 1.82) is 0 Å². The Bertz CT molecular complexity index is 158. The van der Waals surface area contributed by atoms with Crippen LogP contribution in [0.2, 0.25) is 0 Å². The van der Waals surface area contributed by atoms with Crippen LogP contribution < -0.4 is 5.32 Å². The Morgan fingerprint density at radius 3 is 2.64 bits per heavy atom. The minimum atomic E-state index is 0.638. The quantitative estimate of drug-likeness (QED) is 0.745. The minimum Gasteiger partial charge on any atom is -0.317 e. The zero-order valence-electron chi connectivity index (χ0n) is 10.2. The van der Waals surface area contributed by atoms with E-state index in [4.69, 9.17) is 0 Å². The summed E-state index contributed by atoms with van der Waals surface area (Å²) in [6.07, 6.45) is 5.47. The molecular weight excluding hydrogens is 172 g/mol. The fourth-order valence-corrected chi connectivity index (χ4v) is 2.54. The van der Waals surface area contributed by atoms with Gasteiger partial charge in [-0.05, 0) is 53.6 Å². The third kappa shape index (κ3) is 3.25. The van der Waals surface area contributed by atoms with Crippen LogP contribution in [0.1, 0.15) is 46.5 Å². The number of piperidine rings is 1. The van der Waals surface area contributed by atoms with Gasteiger partial charge in [-0.1, -0.05) is 6.42 Å². The second-order valence-electron chi connectivity index (χ2n) is 4.86. The Morgan fingerprint density at radius 1 is 1.36 bits per heavy atom. The zero-order valence-corrected chi connectivity index (χ0v) is 10.2. The van der Waals surface area contributed by atoms with Crippen LogP contribution in [-0.2, 0) is 0 Å². The van der Waals surface area contributed by atoms with E-state index in [1.54, 1.807) is 0 Å². The molecule has 3 atom stereocenters. The van der Waals surface area contributed by atoms with E-state index in [0.29, 0.717) is 6.04 Å². The smallest absolute Gasteiger partial charge is 0.00844 e. The number of nitrogens with zero attached hydrogens (tertiary/aromatic N) is 1. The van der Waals surface area contributed by atoms with Gasteiger partial charge in [0, 0.05) is 18.1 Å². The highest BCUT2D eigenvalue weighted by molar-refractivity contribution is 4.79. The molecule has 0 radical (unpaired) electrons. The Kier molecular flexibility index (Phi) is 4.90. The van der Waals surface area contributed by atoms with Crippen molar-refractivity contribution in [3.8, 4) is 0 Å². The lowest BCUT2D eigenvalue weighted by molar-refractivity contribution is 0.104. The summed E-state index contributed by atoms with van der Waals surface area (Å²) in [5, 5.41) is 3.32. The lowest BCUT2D eigenvalue weighted by Crippen LogP contribution is -2.45. The monoisotopic (exact) mass is 198 g/mol. The van der Waals surface area contributed by atoms with Crippen LogP contribution in [0.25, 0.3) is 0 Å². The lowest BCUT2D eigenvalue weighted by Gasteiger charge is -2.39. The molecule has 0 aromatic carbocycles. The summed E-state index contributed by atoms with van der Waals surface area (Å²) in [5.74, 6) is 0. The predicted molar refractivity (Wildman–Crippen MR) is 62.6 cm³/mol. The summed E-state index contributed by atoms with van der Waals surface area (Å²) >= 11 is 0. The molecule has 0 amide bonds. The van der Waals surface area contributed by atoms with Crippen molar-refractivity contribution in [2.45, 2.75) is 64.6 Å². The molecule has 3 unspecified atom stereocenters. The fourth-order valence-electron chi connectivity index (χ4n) is 2.54. The molecule has 1 heterocycles. The average molecular weight is 198 g/mol. The van der Waals surface area contributed by atoms with Gasteiger partial charge in [0.15, 0.2) is 0 Å². The van der Waals surface area contributed by atoms with Gasteiger partial charge in [-0.3, -0.25) is 4.90 Å². The molecule has 0 aliphatic carbocycles. The van der Waals surface area contributed by atoms with Crippen LogP contribution in [0.4, 0.5) is 0 Å². The normalized spacial score (nSPS) is 28.7. The molecule has 14 heavy (non-hydrogen) atoms. The SMILES string of the molecule is CNC(C)CC(C)N1CCCCC1C. The van der Waals surface area contributed by atoms with Crippen LogP contribution in [0.15, 0.2) is 0 Å². The Morgan fingerprint density at radius 2 is 2.07 bits per heavy atom. The highest BCUT2D eigenvalue weighted by atomic mass is 15.2. The van der Waals surface area contributed by atoms with E-state index in [0.717, 1.165) is 12.1 Å². The van der Waals surface area contributed by atoms with Crippen molar-refractivity contribution >= 4 is 0 Å². The summed E-state index contributed by atoms with van der Waals surface area (Å²) in [5.41, 5.74) is 0. The maximum Gasteiger partial charge on any atom is 0.00844 e. The summed E-state index contributed by atoms with van der Waals surface area (Å²) in [4.78, 5) is 2.68. The van der Waals surface area contributed by atoms with E-state index in [-0.39, 0.29) is 0 Å². The van der Waals surface area contributed by atoms with Gasteiger partial charge in [0.2, 0.25) is 0 Å². The molecule has 0 aromatic rings. The summed E-state index contributed by atoms with van der Waals surface area (Å²) in [7, 11) is 2.05. The van der Waals surface area contributed by atoms with E-state index >= 15 is 0 Å². The number of hydrogen-bond acceptors (Lipinski definition) is 2. The van der Waals surface area contributed by atoms with Crippen molar-refractivity contribution < 1.29 is 0 Å². The molecule has 0 aromatic heterocycles. The standard InChI is InChI=1S/C12H26N2/c1-10(13-4)9-12(3)14-8-6-5-7-11(14)2/h10-13H,5-9H2,1-4H3. The maximum absolute atomic E-state index is 3.32. The van der Waals surface area contributed by atoms with Crippen molar-refractivity contribution in [1.82, 2.24) is 10.2 Å². The van der Waals surface area contributed by atoms with Gasteiger partial charge in [0.1, 0.15) is 0 Å². The van der Waals surface area contributed by atoms with Crippen LogP contribution in [0.3, 0.4) is 0 Å². The number of hydrogen-bond donors (Lipinski definition) is 1. The topological polar surface area (TPSA) is 15.3 Å². The van der Waals surface area contributed by atoms with E-state index in [1.165, 1.54) is 32.2 Å². The molecule has 1 N–H and O–H groups in total. The van der Waals surface area contributed by atoms with Gasteiger partial charge < -0.3 is 5.32 Å². The first-order valence-corrected chi connectivity index (χ1v) is 6.08. The van der Waals surface area contributed by atoms with Gasteiger partial charge >= 0.3 is 0 Å². The summed E-state index contributed by atoms with van der Waals surface area (Å²) in [6, 6.07) is 2.16. The molecular formula is C12H26N2. The summed E-state index contributed by atoms with van der Waals surface area (Å²) < 4.78 is 0. The molecule has 84 valence electrons. The van der Waals surface area contributed by atoms with E-state index < -0.39 is 0 Å². The maximum atomic E-state index is 3.32. The van der Waals surface area contributed by atoms with Crippen molar-refractivity contribution in [2.75, 3.05) is 13.6 Å². The van der Waals surface area contributed by atoms with Crippen molar-refractivity contribution in [3.63, 3.8) is 0 Å². The van der Waals surface area contributed by atoms with Crippen LogP contribution in [-0.4, -0.2) is 36.6 Å². The number of nitrogens with one attached hydrogen (secondary N) is 1. The van der Waals surface area contributed by atoms with Gasteiger partial charge in [0.05, 0.1) is 0 Å². The van der Waals surface area contributed by atoms with Gasteiger partial charge in [-0.15, -0.1) is 0 Å². The predicted octanol–water partition coefficient (Wildman–Crippen LogP) is 2.25. The third-order valence-electron chi connectivity index (χ3n) is 3.61. The Balaban J connectivity index is 2.37. The molecule has 1 aliphatic rings. The fraction of sp³-hybridized carbons (Fsp3) is 1.00. The lowest BCUT2D eigenvalue weighted by atomic mass is 9.99. The molecule has 0 saturated carbocycles. The van der Waals surface area contributed by atoms with E-state index in [9.17, 15) is 0 Å². The molecule has 1 rings (SSSR count). The second-order valence-corrected chi connectivity index (χ2v) is 4.86. The first kappa shape index (κ1) is 12.0. The molecule has 1 saturated heterocycles. The molecule has 0 bridgehead atoms. The van der Waals surface area contributed by atoms with Crippen LogP contribution >= 0.6 is 0 Å². The molecule has 1 aliphatic heterocycles. The highest BCUT2D eigenvalue weighted by Gasteiger charge is 2.23. The number of likely N-dealkylation sites (tertiary alicyclic amines) is 1. The van der Waals surface area contributed by atoms with Crippen LogP contribution in [0, 0.1) is 0 Å². The van der Waals surface area contributed by atoms with E-state index in [1.807, 2.05) is 0 Å². The van der Waals surface area contributed by atoms with Gasteiger partial charge in [-0.25, -0.2) is 0 Å². The van der Waals surface area contributed by atoms with Gasteiger partial charge in [0.25, 0.3) is 0 Å². The highest BCUT2D eigenvalue weighted by Crippen LogP contribution is 2.20. The zero-order chi connectivity index (χ0) is 10.6. The van der Waals surface area contributed by atoms with E-state index in [2.05, 4.69) is 38.0 Å². The molecule has 2 heteroatoms. The Hall–Kier alpha value is -0.0800. The first-order valence-electron chi connectivity index (χ1n) is 6.08. The Labute approximate surface area is 89.1 Å². The largest absolute Gasteiger partial charge is 0.317 e. The van der Waals surface area contributed by atoms with Gasteiger partial charge in [-0.2, -0.15) is 0 Å². The van der Waals surface area contributed by atoms with Crippen molar-refractivity contribution in [2.24, 2.45) is 0 Å². The average Bonchev–Trinajstić information content (AvgIpc) is 2.18. The van der Waals surface area contributed by atoms with Crippen molar-refractivity contribution in [3.05, 3.63) is 0 Å². The van der Waals surface area contributed by atoms with Crippen LogP contribution in [0.5, 0.6) is 0 Å². The number of rotatable bonds is 4. The second kappa shape index (κ2) is 5.72. The third-order valence-corrected chi connectivity index (χ3v) is 3.61. The summed E-state index contributed by atoms with van der Waals surface area (Å²) in [6.45, 7) is 8.32. The molecule has 1 fully saturated rings. The minimum absolute atomic E-state index is 0.638.